The summed E-state index contributed by atoms with van der Waals surface area (Å²) >= 11 is 0.428. The van der Waals surface area contributed by atoms with Crippen LogP contribution in [0.25, 0.3) is 22.3 Å². The number of benzene rings is 2. The molecule has 0 saturated carbocycles. The average molecular weight is 287 g/mol. The zero-order valence-electron chi connectivity index (χ0n) is 9.51. The van der Waals surface area contributed by atoms with Gasteiger partial charge in [-0.15, -0.1) is 0 Å². The van der Waals surface area contributed by atoms with E-state index in [1.165, 1.54) is 15.4 Å². The van der Waals surface area contributed by atoms with Crippen LogP contribution in [-0.4, -0.2) is 15.0 Å². The van der Waals surface area contributed by atoms with Crippen LogP contribution in [0.1, 0.15) is 0 Å². The van der Waals surface area contributed by atoms with Crippen molar-refractivity contribution in [2.24, 2.45) is 0 Å². The Morgan fingerprint density at radius 2 is 1.59 bits per heavy atom. The predicted molar refractivity (Wildman–Crippen MR) is 72.9 cm³/mol. The molecule has 2 heteroatoms. The second kappa shape index (κ2) is 4.40. The van der Waals surface area contributed by atoms with E-state index in [-0.39, 0.29) is 0 Å². The molecule has 0 aliphatic heterocycles. The maximum absolute atomic E-state index is 5.99. The van der Waals surface area contributed by atoms with Crippen molar-refractivity contribution in [1.82, 2.24) is 0 Å². The molecule has 17 heavy (non-hydrogen) atoms. The van der Waals surface area contributed by atoms with Crippen LogP contribution in [0.3, 0.4) is 0 Å². The van der Waals surface area contributed by atoms with Crippen LogP contribution in [0.5, 0.6) is 0 Å². The molecule has 3 aromatic rings. The third-order valence-corrected chi connectivity index (χ3v) is 4.50. The molecule has 1 nitrogen and oxygen atoms in total. The summed E-state index contributed by atoms with van der Waals surface area (Å²) in [6, 6.07) is 18.6. The summed E-state index contributed by atoms with van der Waals surface area (Å²) in [5, 5.41) is 1.26. The van der Waals surface area contributed by atoms with Crippen molar-refractivity contribution in [2.45, 2.75) is 5.82 Å². The zero-order valence-corrected chi connectivity index (χ0v) is 11.2. The maximum atomic E-state index is 5.99. The molecular weight excluding hydrogens is 275 g/mol. The van der Waals surface area contributed by atoms with Gasteiger partial charge in [-0.1, -0.05) is 0 Å². The summed E-state index contributed by atoms with van der Waals surface area (Å²) < 4.78 is 7.35. The van der Waals surface area contributed by atoms with E-state index in [0.29, 0.717) is 15.0 Å². The van der Waals surface area contributed by atoms with Crippen LogP contribution in [-0.2, 0) is 0 Å². The molecule has 0 spiro atoms. The van der Waals surface area contributed by atoms with Crippen molar-refractivity contribution in [3.05, 3.63) is 54.6 Å². The molecule has 1 aromatic heterocycles. The first-order chi connectivity index (χ1) is 8.40. The Hall–Kier alpha value is -1.50. The van der Waals surface area contributed by atoms with Crippen LogP contribution < -0.4 is 4.46 Å². The number of hydrogen-bond donors (Lipinski definition) is 0. The Labute approximate surface area is 107 Å². The second-order valence-electron chi connectivity index (χ2n) is 3.83. The fourth-order valence-electron chi connectivity index (χ4n) is 2.00. The van der Waals surface area contributed by atoms with Crippen LogP contribution >= 0.6 is 0 Å². The fourth-order valence-corrected chi connectivity index (χ4v) is 3.54. The van der Waals surface area contributed by atoms with Gasteiger partial charge in [0.2, 0.25) is 0 Å². The minimum absolute atomic E-state index is 0.428. The van der Waals surface area contributed by atoms with E-state index in [1.54, 1.807) is 0 Å². The molecule has 0 atom stereocenters. The van der Waals surface area contributed by atoms with Crippen LogP contribution in [0.4, 0.5) is 0 Å². The molecule has 1 heterocycles. The predicted octanol–water partition coefficient (Wildman–Crippen LogP) is 3.48. The van der Waals surface area contributed by atoms with Gasteiger partial charge < -0.3 is 0 Å². The molecule has 0 unspecified atom stereocenters. The number of fused-ring (bicyclic) bond motifs is 1. The third kappa shape index (κ3) is 1.80. The molecule has 0 bridgehead atoms. The summed E-state index contributed by atoms with van der Waals surface area (Å²) in [5.41, 5.74) is 2.16. The molecule has 0 saturated heterocycles. The van der Waals surface area contributed by atoms with E-state index in [9.17, 15) is 0 Å². The van der Waals surface area contributed by atoms with Gasteiger partial charge in [0.05, 0.1) is 0 Å². The quantitative estimate of drug-likeness (QED) is 0.658. The summed E-state index contributed by atoms with van der Waals surface area (Å²) in [7, 11) is 0. The number of hydrogen-bond acceptors (Lipinski definition) is 1. The first-order valence-electron chi connectivity index (χ1n) is 5.51. The van der Waals surface area contributed by atoms with Crippen LogP contribution in [0.2, 0.25) is 5.82 Å². The van der Waals surface area contributed by atoms with Gasteiger partial charge in [0, 0.05) is 0 Å². The van der Waals surface area contributed by atoms with Crippen LogP contribution in [0.15, 0.2) is 59.0 Å². The minimum atomic E-state index is 0.428. The second-order valence-corrected chi connectivity index (χ2v) is 5.54. The summed E-state index contributed by atoms with van der Waals surface area (Å²) in [4.78, 5) is 0. The van der Waals surface area contributed by atoms with E-state index in [0.717, 1.165) is 11.3 Å². The standard InChI is InChI=1S/C15H12OSe/c1-17-15-12-9-5-6-10-13(12)16-14(15)11-7-3-2-4-8-11/h2-10H,1H3. The van der Waals surface area contributed by atoms with E-state index in [1.807, 2.05) is 18.2 Å². The molecule has 0 aliphatic carbocycles. The van der Waals surface area contributed by atoms with Gasteiger partial charge in [0.15, 0.2) is 0 Å². The van der Waals surface area contributed by atoms with Crippen molar-refractivity contribution < 1.29 is 4.42 Å². The van der Waals surface area contributed by atoms with Crippen molar-refractivity contribution in [2.75, 3.05) is 0 Å². The third-order valence-electron chi connectivity index (χ3n) is 2.79. The first-order valence-corrected chi connectivity index (χ1v) is 8.08. The molecular formula is C15H12OSe. The van der Waals surface area contributed by atoms with Crippen LogP contribution in [0, 0.1) is 0 Å². The van der Waals surface area contributed by atoms with Gasteiger partial charge in [-0.2, -0.15) is 0 Å². The van der Waals surface area contributed by atoms with Gasteiger partial charge in [-0.05, 0) is 0 Å². The molecule has 3 rings (SSSR count). The molecule has 0 aliphatic rings. The molecule has 0 N–H and O–H groups in total. The summed E-state index contributed by atoms with van der Waals surface area (Å²) in [6.07, 6.45) is 0. The fraction of sp³-hybridized carbons (Fsp3) is 0.0667. The Balaban J connectivity index is 2.30. The SMILES string of the molecule is C[Se]c1c(-c2ccccc2)oc2ccccc12. The monoisotopic (exact) mass is 288 g/mol. The van der Waals surface area contributed by atoms with E-state index in [2.05, 4.69) is 42.2 Å². The van der Waals surface area contributed by atoms with Crippen molar-refractivity contribution in [3.63, 3.8) is 0 Å². The van der Waals surface area contributed by atoms with E-state index < -0.39 is 0 Å². The summed E-state index contributed by atoms with van der Waals surface area (Å²) in [6.45, 7) is 0. The van der Waals surface area contributed by atoms with Gasteiger partial charge >= 0.3 is 107 Å². The van der Waals surface area contributed by atoms with Crippen molar-refractivity contribution >= 4 is 30.4 Å². The molecule has 84 valence electrons. The molecule has 0 fully saturated rings. The molecule has 0 radical (unpaired) electrons. The number of rotatable bonds is 2. The van der Waals surface area contributed by atoms with E-state index >= 15 is 0 Å². The zero-order chi connectivity index (χ0) is 11.7. The molecule has 0 amide bonds. The Morgan fingerprint density at radius 3 is 2.35 bits per heavy atom. The van der Waals surface area contributed by atoms with Crippen molar-refractivity contribution in [1.29, 1.82) is 0 Å². The Morgan fingerprint density at radius 1 is 0.882 bits per heavy atom. The molecule has 2 aromatic carbocycles. The topological polar surface area (TPSA) is 13.1 Å². The van der Waals surface area contributed by atoms with Gasteiger partial charge in [-0.3, -0.25) is 0 Å². The summed E-state index contributed by atoms with van der Waals surface area (Å²) in [5.74, 6) is 3.27. The van der Waals surface area contributed by atoms with Gasteiger partial charge in [-0.25, -0.2) is 0 Å². The van der Waals surface area contributed by atoms with Gasteiger partial charge in [0.25, 0.3) is 0 Å². The Bertz CT molecular complexity index is 640. The Kier molecular flexibility index (Phi) is 2.76. The van der Waals surface area contributed by atoms with Crippen molar-refractivity contribution in [3.8, 4) is 11.3 Å². The number of furan rings is 1. The van der Waals surface area contributed by atoms with Gasteiger partial charge in [0.1, 0.15) is 0 Å². The number of para-hydroxylation sites is 1. The first kappa shape index (κ1) is 10.6. The normalized spacial score (nSPS) is 10.9. The average Bonchev–Trinajstić information content (AvgIpc) is 2.78. The van der Waals surface area contributed by atoms with E-state index in [4.69, 9.17) is 4.42 Å².